The van der Waals surface area contributed by atoms with E-state index in [-0.39, 0.29) is 29.7 Å². The second-order valence-corrected chi connectivity index (χ2v) is 4.54. The third-order valence-corrected chi connectivity index (χ3v) is 3.27. The van der Waals surface area contributed by atoms with E-state index in [2.05, 4.69) is 4.98 Å². The molecule has 4 N–H and O–H groups in total. The van der Waals surface area contributed by atoms with E-state index < -0.39 is 37.4 Å². The predicted octanol–water partition coefficient (Wildman–Crippen LogP) is -0.558. The Morgan fingerprint density at radius 2 is 2.29 bits per heavy atom. The van der Waals surface area contributed by atoms with Crippen LogP contribution in [0, 0.1) is 0 Å². The van der Waals surface area contributed by atoms with Crippen molar-refractivity contribution < 1.29 is 23.7 Å². The minimum atomic E-state index is -1.39. The first-order valence-corrected chi connectivity index (χ1v) is 6.21. The number of aliphatic hydroxyl groups excluding tert-OH is 2. The third-order valence-electron chi connectivity index (χ3n) is 3.27. The summed E-state index contributed by atoms with van der Waals surface area (Å²) in [5.74, 6) is -0.114. The molecule has 1 aliphatic rings. The zero-order valence-electron chi connectivity index (χ0n) is 10.9. The second-order valence-electron chi connectivity index (χ2n) is 4.54. The molecule has 0 spiro atoms. The van der Waals surface area contributed by atoms with Crippen LogP contribution in [0.1, 0.15) is 11.8 Å². The van der Waals surface area contributed by atoms with Crippen molar-refractivity contribution in [3.8, 4) is 0 Å². The first-order valence-electron chi connectivity index (χ1n) is 6.21. The number of ether oxygens (including phenoxy) is 1. The highest BCUT2D eigenvalue weighted by atomic mass is 19.1. The maximum absolute atomic E-state index is 12.9. The number of halogens is 2. The molecule has 21 heavy (non-hydrogen) atoms. The van der Waals surface area contributed by atoms with Crippen LogP contribution in [0.2, 0.25) is 0 Å². The topological polar surface area (TPSA) is 111 Å². The smallest absolute Gasteiger partial charge is 0.351 e. The summed E-state index contributed by atoms with van der Waals surface area (Å²) >= 11 is 0. The average molecular weight is 303 g/mol. The zero-order valence-corrected chi connectivity index (χ0v) is 10.9. The first kappa shape index (κ1) is 15.5. The number of rotatable bonds is 4. The van der Waals surface area contributed by atoms with Gasteiger partial charge in [-0.15, -0.1) is 0 Å². The molecule has 2 heterocycles. The van der Waals surface area contributed by atoms with E-state index in [4.69, 9.17) is 15.6 Å². The molecule has 7 nitrogen and oxygen atoms in total. The highest BCUT2D eigenvalue weighted by Gasteiger charge is 2.40. The van der Waals surface area contributed by atoms with Crippen molar-refractivity contribution in [3.05, 3.63) is 34.1 Å². The van der Waals surface area contributed by atoms with Crippen LogP contribution in [0.4, 0.5) is 14.6 Å². The Balaban J connectivity index is 2.46. The van der Waals surface area contributed by atoms with Gasteiger partial charge in [-0.1, -0.05) is 0 Å². The summed E-state index contributed by atoms with van der Waals surface area (Å²) in [6.07, 6.45) is -2.45. The molecule has 1 fully saturated rings. The molecule has 116 valence electrons. The van der Waals surface area contributed by atoms with Gasteiger partial charge in [0.2, 0.25) is 0 Å². The van der Waals surface area contributed by atoms with E-state index in [1.165, 1.54) is 6.20 Å². The maximum atomic E-state index is 12.9. The molecule has 1 saturated heterocycles. The Bertz CT molecular complexity index is 605. The Hall–Kier alpha value is -1.84. The third kappa shape index (κ3) is 2.80. The highest BCUT2D eigenvalue weighted by Crippen LogP contribution is 2.33. The van der Waals surface area contributed by atoms with E-state index in [9.17, 15) is 18.7 Å². The van der Waals surface area contributed by atoms with Crippen LogP contribution in [0.3, 0.4) is 0 Å². The molecule has 0 saturated carbocycles. The highest BCUT2D eigenvalue weighted by molar-refractivity contribution is 5.37. The SMILES string of the molecule is Nc1nc(=O)n(C2OC(CO)C(O)C2=CF)cc1CCF. The number of aryl methyl sites for hydroxylation is 1. The van der Waals surface area contributed by atoms with E-state index in [0.717, 1.165) is 4.57 Å². The molecular weight excluding hydrogens is 288 g/mol. The fourth-order valence-corrected chi connectivity index (χ4v) is 2.15. The normalized spacial score (nSPS) is 27.4. The molecule has 3 unspecified atom stereocenters. The number of hydrogen-bond acceptors (Lipinski definition) is 6. The number of aliphatic hydroxyl groups is 2. The van der Waals surface area contributed by atoms with Crippen molar-refractivity contribution in [2.75, 3.05) is 19.0 Å². The van der Waals surface area contributed by atoms with E-state index >= 15 is 0 Å². The van der Waals surface area contributed by atoms with Crippen LogP contribution in [-0.4, -0.2) is 45.3 Å². The van der Waals surface area contributed by atoms with E-state index in [1.807, 2.05) is 0 Å². The van der Waals surface area contributed by atoms with Gasteiger partial charge in [-0.05, 0) is 0 Å². The molecule has 1 aromatic heterocycles. The van der Waals surface area contributed by atoms with Gasteiger partial charge in [-0.25, -0.2) is 9.18 Å². The van der Waals surface area contributed by atoms with E-state index in [0.29, 0.717) is 0 Å². The molecule has 9 heteroatoms. The van der Waals surface area contributed by atoms with Gasteiger partial charge in [0.1, 0.15) is 18.0 Å². The van der Waals surface area contributed by atoms with Gasteiger partial charge in [0, 0.05) is 23.8 Å². The lowest BCUT2D eigenvalue weighted by Gasteiger charge is -2.16. The lowest BCUT2D eigenvalue weighted by molar-refractivity contribution is -0.0448. The summed E-state index contributed by atoms with van der Waals surface area (Å²) in [4.78, 5) is 15.4. The number of aromatic nitrogens is 2. The maximum Gasteiger partial charge on any atom is 0.351 e. The predicted molar refractivity (Wildman–Crippen MR) is 68.8 cm³/mol. The molecule has 0 radical (unpaired) electrons. The fraction of sp³-hybridized carbons (Fsp3) is 0.500. The number of anilines is 1. The fourth-order valence-electron chi connectivity index (χ4n) is 2.15. The van der Waals surface area contributed by atoms with Crippen molar-refractivity contribution in [2.24, 2.45) is 0 Å². The van der Waals surface area contributed by atoms with E-state index in [1.54, 1.807) is 0 Å². The van der Waals surface area contributed by atoms with Crippen LogP contribution in [-0.2, 0) is 11.2 Å². The van der Waals surface area contributed by atoms with Crippen LogP contribution < -0.4 is 11.4 Å². The van der Waals surface area contributed by atoms with Crippen molar-refractivity contribution in [1.82, 2.24) is 9.55 Å². The number of nitrogens with two attached hydrogens (primary N) is 1. The molecule has 0 bridgehead atoms. The van der Waals surface area contributed by atoms with Crippen molar-refractivity contribution in [1.29, 1.82) is 0 Å². The summed E-state index contributed by atoms with van der Waals surface area (Å²) in [6.45, 7) is -1.26. The molecule has 1 aliphatic heterocycles. The molecule has 2 rings (SSSR count). The Morgan fingerprint density at radius 3 is 2.86 bits per heavy atom. The molecule has 0 amide bonds. The lowest BCUT2D eigenvalue weighted by atomic mass is 10.1. The number of nitrogens with zero attached hydrogens (tertiary/aromatic N) is 2. The molecule has 1 aromatic rings. The summed E-state index contributed by atoms with van der Waals surface area (Å²) in [6, 6.07) is 0. The Morgan fingerprint density at radius 1 is 1.57 bits per heavy atom. The van der Waals surface area contributed by atoms with Crippen LogP contribution in [0.15, 0.2) is 22.9 Å². The van der Waals surface area contributed by atoms with Gasteiger partial charge in [-0.2, -0.15) is 4.98 Å². The summed E-state index contributed by atoms with van der Waals surface area (Å²) in [5.41, 5.74) is 4.72. The molecular formula is C12H15F2N3O4. The summed E-state index contributed by atoms with van der Waals surface area (Å²) in [7, 11) is 0. The van der Waals surface area contributed by atoms with Gasteiger partial charge in [0.25, 0.3) is 0 Å². The van der Waals surface area contributed by atoms with Crippen LogP contribution >= 0.6 is 0 Å². The van der Waals surface area contributed by atoms with Gasteiger partial charge >= 0.3 is 5.69 Å². The minimum Gasteiger partial charge on any atom is -0.394 e. The standard InChI is InChI=1S/C12H15F2N3O4/c13-2-1-6-4-17(12(20)16-10(6)15)11-7(3-14)9(19)8(5-18)21-11/h3-4,8-9,11,18-19H,1-2,5H2,(H2,15,16,20). The van der Waals surface area contributed by atoms with Gasteiger partial charge in [0.15, 0.2) is 6.23 Å². The molecule has 3 atom stereocenters. The van der Waals surface area contributed by atoms with Crippen molar-refractivity contribution in [2.45, 2.75) is 24.9 Å². The summed E-state index contributed by atoms with van der Waals surface area (Å²) < 4.78 is 31.5. The first-order chi connectivity index (χ1) is 10.0. The van der Waals surface area contributed by atoms with Gasteiger partial charge < -0.3 is 20.7 Å². The molecule has 0 aromatic carbocycles. The lowest BCUT2D eigenvalue weighted by Crippen LogP contribution is -2.29. The van der Waals surface area contributed by atoms with Crippen LogP contribution in [0.5, 0.6) is 0 Å². The van der Waals surface area contributed by atoms with Crippen molar-refractivity contribution >= 4 is 5.82 Å². The monoisotopic (exact) mass is 303 g/mol. The summed E-state index contributed by atoms with van der Waals surface area (Å²) in [5, 5.41) is 18.8. The average Bonchev–Trinajstić information content (AvgIpc) is 2.78. The Labute approximate surface area is 118 Å². The van der Waals surface area contributed by atoms with Gasteiger partial charge in [-0.3, -0.25) is 8.96 Å². The molecule has 0 aliphatic carbocycles. The zero-order chi connectivity index (χ0) is 15.6. The van der Waals surface area contributed by atoms with Crippen LogP contribution in [0.25, 0.3) is 0 Å². The second kappa shape index (κ2) is 6.29. The quantitative estimate of drug-likeness (QED) is 0.688. The number of nitrogen functional groups attached to an aromatic ring is 1. The van der Waals surface area contributed by atoms with Crippen molar-refractivity contribution in [3.63, 3.8) is 0 Å². The van der Waals surface area contributed by atoms with Gasteiger partial charge in [0.05, 0.1) is 19.6 Å². The minimum absolute atomic E-state index is 0.0630. The number of hydrogen-bond donors (Lipinski definition) is 3. The number of alkyl halides is 1. The largest absolute Gasteiger partial charge is 0.394 e. The Kier molecular flexibility index (Phi) is 4.66.